The molecule has 0 bridgehead atoms. The molecule has 5 rings (SSSR count). The lowest BCUT2D eigenvalue weighted by molar-refractivity contribution is 0.00620. The summed E-state index contributed by atoms with van der Waals surface area (Å²) in [6, 6.07) is 23.3. The zero-order valence-corrected chi connectivity index (χ0v) is 30.4. The van der Waals surface area contributed by atoms with Gasteiger partial charge in [0.1, 0.15) is 0 Å². The van der Waals surface area contributed by atoms with Crippen molar-refractivity contribution >= 4 is 0 Å². The van der Waals surface area contributed by atoms with Crippen LogP contribution in [0, 0.1) is 5.92 Å². The second-order valence-electron chi connectivity index (χ2n) is 15.4. The van der Waals surface area contributed by atoms with Crippen molar-refractivity contribution in [2.75, 3.05) is 59.9 Å². The van der Waals surface area contributed by atoms with Gasteiger partial charge in [0, 0.05) is 69.5 Å². The highest BCUT2D eigenvalue weighted by atomic mass is 16.5. The lowest BCUT2D eigenvalue weighted by Gasteiger charge is -2.48. The molecule has 3 heterocycles. The van der Waals surface area contributed by atoms with Gasteiger partial charge in [-0.2, -0.15) is 0 Å². The van der Waals surface area contributed by atoms with Crippen LogP contribution in [-0.4, -0.2) is 115 Å². The molecule has 256 valence electrons. The van der Waals surface area contributed by atoms with Gasteiger partial charge in [0.15, 0.2) is 0 Å². The summed E-state index contributed by atoms with van der Waals surface area (Å²) in [4.78, 5) is 13.3. The molecule has 6 nitrogen and oxygen atoms in total. The first-order chi connectivity index (χ1) is 22.1. The van der Waals surface area contributed by atoms with Gasteiger partial charge in [-0.25, -0.2) is 0 Å². The Hall–Kier alpha value is -1.80. The minimum atomic E-state index is 0.310. The van der Waals surface area contributed by atoms with Crippen molar-refractivity contribution in [1.29, 1.82) is 0 Å². The van der Waals surface area contributed by atoms with E-state index in [0.29, 0.717) is 42.4 Å². The molecule has 6 atom stereocenters. The summed E-state index contributed by atoms with van der Waals surface area (Å²) in [6.07, 6.45) is 5.71. The lowest BCUT2D eigenvalue weighted by atomic mass is 9.88. The van der Waals surface area contributed by atoms with Crippen molar-refractivity contribution in [3.8, 4) is 0 Å². The molecule has 3 fully saturated rings. The third-order valence-electron chi connectivity index (χ3n) is 11.8. The molecule has 6 heteroatoms. The molecule has 0 aromatic heterocycles. The van der Waals surface area contributed by atoms with Crippen molar-refractivity contribution in [1.82, 2.24) is 24.5 Å². The maximum Gasteiger partial charge on any atom is 0.0717 e. The van der Waals surface area contributed by atoms with Gasteiger partial charge >= 0.3 is 0 Å². The molecular formula is C40H65N5O. The Bertz CT molecular complexity index is 1160. The van der Waals surface area contributed by atoms with Crippen molar-refractivity contribution < 1.29 is 4.74 Å². The van der Waals surface area contributed by atoms with Crippen molar-refractivity contribution in [3.05, 3.63) is 71.3 Å². The van der Waals surface area contributed by atoms with Crippen LogP contribution in [-0.2, 0) is 11.3 Å². The van der Waals surface area contributed by atoms with Gasteiger partial charge in [-0.3, -0.25) is 14.7 Å². The van der Waals surface area contributed by atoms with Gasteiger partial charge in [0.2, 0.25) is 0 Å². The number of ether oxygens (including phenoxy) is 1. The van der Waals surface area contributed by atoms with Crippen LogP contribution >= 0.6 is 0 Å². The standard InChI is InChI=1S/C40H65N5O/c1-30(2)46-40-20-21-42(29-40)27-35-14-16-37(17-15-35)34(6)45-25-24-44(33(5)36-12-10-9-11-13-36)28-39(45)26-31(3)43-22-18-38(19-23-43)32(4)41(7)8/h9-17,30-34,38-40H,18-29H2,1-8H3/t31?,32-,33?,34?,39?,40?/m1/s1. The zero-order valence-electron chi connectivity index (χ0n) is 30.4. The van der Waals surface area contributed by atoms with Gasteiger partial charge in [-0.15, -0.1) is 0 Å². The van der Waals surface area contributed by atoms with E-state index >= 15 is 0 Å². The zero-order chi connectivity index (χ0) is 32.8. The quantitative estimate of drug-likeness (QED) is 0.238. The largest absolute Gasteiger partial charge is 0.374 e. The Morgan fingerprint density at radius 2 is 1.39 bits per heavy atom. The highest BCUT2D eigenvalue weighted by molar-refractivity contribution is 5.25. The summed E-state index contributed by atoms with van der Waals surface area (Å²) in [5, 5.41) is 0. The summed E-state index contributed by atoms with van der Waals surface area (Å²) in [5.74, 6) is 0.815. The average Bonchev–Trinajstić information content (AvgIpc) is 3.50. The number of benzene rings is 2. The molecule has 0 saturated carbocycles. The maximum absolute atomic E-state index is 6.09. The van der Waals surface area contributed by atoms with Crippen molar-refractivity contribution in [2.24, 2.45) is 5.92 Å². The highest BCUT2D eigenvalue weighted by Gasteiger charge is 2.36. The number of rotatable bonds is 13. The molecule has 0 spiro atoms. The van der Waals surface area contributed by atoms with Crippen LogP contribution in [0.3, 0.4) is 0 Å². The van der Waals surface area contributed by atoms with Crippen LogP contribution in [0.2, 0.25) is 0 Å². The number of piperazine rings is 1. The Morgan fingerprint density at radius 3 is 2.04 bits per heavy atom. The smallest absolute Gasteiger partial charge is 0.0717 e. The summed E-state index contributed by atoms with van der Waals surface area (Å²) in [6.45, 7) is 23.1. The number of hydrogen-bond acceptors (Lipinski definition) is 6. The molecule has 46 heavy (non-hydrogen) atoms. The normalized spacial score (nSPS) is 25.7. The molecule has 2 aromatic rings. The molecule has 0 amide bonds. The molecule has 5 unspecified atom stereocenters. The highest BCUT2D eigenvalue weighted by Crippen LogP contribution is 2.33. The Kier molecular flexibility index (Phi) is 12.8. The van der Waals surface area contributed by atoms with E-state index in [-0.39, 0.29) is 0 Å². The van der Waals surface area contributed by atoms with Crippen LogP contribution in [0.1, 0.15) is 96.0 Å². The van der Waals surface area contributed by atoms with Crippen LogP contribution in [0.4, 0.5) is 0 Å². The second kappa shape index (κ2) is 16.5. The molecule has 0 N–H and O–H groups in total. The van der Waals surface area contributed by atoms with Gasteiger partial charge in [-0.05, 0) is 117 Å². The fourth-order valence-electron chi connectivity index (χ4n) is 8.50. The van der Waals surface area contributed by atoms with Gasteiger partial charge in [0.25, 0.3) is 0 Å². The van der Waals surface area contributed by atoms with E-state index in [1.165, 1.54) is 49.0 Å². The fourth-order valence-corrected chi connectivity index (χ4v) is 8.50. The van der Waals surface area contributed by atoms with E-state index in [0.717, 1.165) is 51.6 Å². The van der Waals surface area contributed by atoms with Crippen LogP contribution in [0.15, 0.2) is 54.6 Å². The Balaban J connectivity index is 1.24. The minimum absolute atomic E-state index is 0.310. The van der Waals surface area contributed by atoms with Crippen molar-refractivity contribution in [2.45, 2.75) is 116 Å². The molecule has 3 aliphatic heterocycles. The predicted molar refractivity (Wildman–Crippen MR) is 193 cm³/mol. The van der Waals surface area contributed by atoms with E-state index < -0.39 is 0 Å². The van der Waals surface area contributed by atoms with Crippen LogP contribution in [0.5, 0.6) is 0 Å². The lowest BCUT2D eigenvalue weighted by Crippen LogP contribution is -2.56. The molecular weight excluding hydrogens is 566 g/mol. The molecule has 3 aliphatic rings. The number of hydrogen-bond donors (Lipinski definition) is 0. The molecule has 0 radical (unpaired) electrons. The Labute approximate surface area is 282 Å². The fraction of sp³-hybridized carbons (Fsp3) is 0.700. The van der Waals surface area contributed by atoms with Crippen molar-refractivity contribution in [3.63, 3.8) is 0 Å². The Morgan fingerprint density at radius 1 is 0.717 bits per heavy atom. The van der Waals surface area contributed by atoms with Gasteiger partial charge in [0.05, 0.1) is 12.2 Å². The van der Waals surface area contributed by atoms with Crippen LogP contribution < -0.4 is 0 Å². The maximum atomic E-state index is 6.09. The topological polar surface area (TPSA) is 25.4 Å². The monoisotopic (exact) mass is 632 g/mol. The second-order valence-corrected chi connectivity index (χ2v) is 15.4. The van der Waals surface area contributed by atoms with E-state index in [4.69, 9.17) is 4.74 Å². The first-order valence-corrected chi connectivity index (χ1v) is 18.5. The first-order valence-electron chi connectivity index (χ1n) is 18.5. The van der Waals surface area contributed by atoms with Gasteiger partial charge in [-0.1, -0.05) is 54.6 Å². The third kappa shape index (κ3) is 9.21. The number of nitrogens with zero attached hydrogens (tertiary/aromatic N) is 5. The molecule has 2 aromatic carbocycles. The average molecular weight is 632 g/mol. The van der Waals surface area contributed by atoms with E-state index in [1.807, 2.05) is 0 Å². The van der Waals surface area contributed by atoms with Gasteiger partial charge < -0.3 is 14.5 Å². The van der Waals surface area contributed by atoms with E-state index in [1.54, 1.807) is 0 Å². The van der Waals surface area contributed by atoms with E-state index in [2.05, 4.69) is 135 Å². The summed E-state index contributed by atoms with van der Waals surface area (Å²) in [7, 11) is 4.47. The molecule has 3 saturated heterocycles. The first kappa shape index (κ1) is 35.5. The summed E-state index contributed by atoms with van der Waals surface area (Å²) < 4.78 is 6.09. The number of likely N-dealkylation sites (tertiary alicyclic amines) is 2. The third-order valence-corrected chi connectivity index (χ3v) is 11.8. The summed E-state index contributed by atoms with van der Waals surface area (Å²) in [5.41, 5.74) is 4.30. The predicted octanol–water partition coefficient (Wildman–Crippen LogP) is 6.94. The molecule has 0 aliphatic carbocycles. The van der Waals surface area contributed by atoms with Crippen LogP contribution in [0.25, 0.3) is 0 Å². The summed E-state index contributed by atoms with van der Waals surface area (Å²) >= 11 is 0. The number of piperidine rings is 1. The van der Waals surface area contributed by atoms with E-state index in [9.17, 15) is 0 Å². The SMILES string of the molecule is CC(C)OC1CCN(Cc2ccc(C(C)N3CCN(C(C)c4ccccc4)CC3CC(C)N3CCC([C@@H](C)N(C)C)CC3)cc2)C1. The minimum Gasteiger partial charge on any atom is -0.374 e.